The predicted octanol–water partition coefficient (Wildman–Crippen LogP) is 3.37. The van der Waals surface area contributed by atoms with Crippen molar-refractivity contribution >= 4 is 28.6 Å². The number of H-pyrrole nitrogens is 1. The number of hydrogen-bond donors (Lipinski definition) is 1. The van der Waals surface area contributed by atoms with E-state index in [1.165, 1.54) is 17.7 Å². The van der Waals surface area contributed by atoms with Gasteiger partial charge in [-0.2, -0.15) is 0 Å². The molecule has 3 aromatic heterocycles. The van der Waals surface area contributed by atoms with Gasteiger partial charge in [-0.1, -0.05) is 0 Å². The molecule has 0 atom stereocenters. The lowest BCUT2D eigenvalue weighted by Gasteiger charge is -2.41. The maximum atomic E-state index is 5.23. The van der Waals surface area contributed by atoms with Gasteiger partial charge in [0.15, 0.2) is 0 Å². The summed E-state index contributed by atoms with van der Waals surface area (Å²) in [5.41, 5.74) is 0.897. The molecule has 4 rings (SSSR count). The fraction of sp³-hybridized carbons (Fsp3) is 0.389. The SMILES string of the molecule is COc1cncc(SC[C@H]2C[C@@H](N(C)c3ncnc4[nH]ccc34)C2)c1. The third kappa shape index (κ3) is 3.28. The molecule has 0 unspecified atom stereocenters. The van der Waals surface area contributed by atoms with E-state index in [1.807, 2.05) is 36.3 Å². The van der Waals surface area contributed by atoms with E-state index in [-0.39, 0.29) is 0 Å². The first-order chi connectivity index (χ1) is 12.2. The molecular weight excluding hydrogens is 334 g/mol. The molecule has 0 amide bonds. The van der Waals surface area contributed by atoms with E-state index in [9.17, 15) is 0 Å². The van der Waals surface area contributed by atoms with Crippen molar-refractivity contribution in [2.75, 3.05) is 24.8 Å². The summed E-state index contributed by atoms with van der Waals surface area (Å²) in [6.45, 7) is 0. The quantitative estimate of drug-likeness (QED) is 0.684. The summed E-state index contributed by atoms with van der Waals surface area (Å²) in [5, 5.41) is 1.09. The van der Waals surface area contributed by atoms with Gasteiger partial charge in [0, 0.05) is 36.1 Å². The highest BCUT2D eigenvalue weighted by atomic mass is 32.2. The average molecular weight is 355 g/mol. The third-order valence-electron chi connectivity index (χ3n) is 4.84. The van der Waals surface area contributed by atoms with Crippen molar-refractivity contribution in [2.45, 2.75) is 23.8 Å². The molecule has 130 valence electrons. The Hall–Kier alpha value is -2.28. The lowest BCUT2D eigenvalue weighted by atomic mass is 9.81. The lowest BCUT2D eigenvalue weighted by molar-refractivity contribution is 0.286. The number of aromatic nitrogens is 4. The third-order valence-corrected chi connectivity index (χ3v) is 6.03. The summed E-state index contributed by atoms with van der Waals surface area (Å²) < 4.78 is 5.23. The van der Waals surface area contributed by atoms with E-state index < -0.39 is 0 Å². The molecule has 7 heteroatoms. The molecule has 1 N–H and O–H groups in total. The Balaban J connectivity index is 1.33. The van der Waals surface area contributed by atoms with Crippen LogP contribution in [0.25, 0.3) is 11.0 Å². The van der Waals surface area contributed by atoms with Gasteiger partial charge in [0.25, 0.3) is 0 Å². The summed E-state index contributed by atoms with van der Waals surface area (Å²) in [6.07, 6.45) is 9.57. The van der Waals surface area contributed by atoms with Gasteiger partial charge in [0.2, 0.25) is 0 Å². The summed E-state index contributed by atoms with van der Waals surface area (Å²) in [7, 11) is 3.81. The topological polar surface area (TPSA) is 66.9 Å². The second-order valence-electron chi connectivity index (χ2n) is 6.41. The minimum Gasteiger partial charge on any atom is -0.495 e. The number of pyridine rings is 1. The van der Waals surface area contributed by atoms with Crippen molar-refractivity contribution < 1.29 is 4.74 Å². The van der Waals surface area contributed by atoms with E-state index in [4.69, 9.17) is 4.74 Å². The zero-order valence-electron chi connectivity index (χ0n) is 14.3. The van der Waals surface area contributed by atoms with Crippen molar-refractivity contribution in [2.24, 2.45) is 5.92 Å². The Labute approximate surface area is 151 Å². The summed E-state index contributed by atoms with van der Waals surface area (Å²) in [6, 6.07) is 4.63. The van der Waals surface area contributed by atoms with Crippen LogP contribution < -0.4 is 9.64 Å². The zero-order chi connectivity index (χ0) is 17.2. The fourth-order valence-electron chi connectivity index (χ4n) is 3.27. The van der Waals surface area contributed by atoms with Crippen LogP contribution in [-0.4, -0.2) is 45.9 Å². The summed E-state index contributed by atoms with van der Waals surface area (Å²) >= 11 is 1.86. The van der Waals surface area contributed by atoms with Crippen LogP contribution in [0.1, 0.15) is 12.8 Å². The van der Waals surface area contributed by atoms with Crippen LogP contribution in [0.2, 0.25) is 0 Å². The van der Waals surface area contributed by atoms with E-state index in [0.717, 1.165) is 34.3 Å². The predicted molar refractivity (Wildman–Crippen MR) is 100 cm³/mol. The number of anilines is 1. The van der Waals surface area contributed by atoms with Gasteiger partial charge < -0.3 is 14.6 Å². The second kappa shape index (κ2) is 6.92. The molecule has 1 fully saturated rings. The molecule has 6 nitrogen and oxygen atoms in total. The minimum atomic E-state index is 0.544. The smallest absolute Gasteiger partial charge is 0.142 e. The van der Waals surface area contributed by atoms with Crippen LogP contribution in [0.15, 0.2) is 41.9 Å². The molecule has 0 aliphatic heterocycles. The Morgan fingerprint density at radius 3 is 3.04 bits per heavy atom. The van der Waals surface area contributed by atoms with Crippen LogP contribution in [0, 0.1) is 5.92 Å². The number of rotatable bonds is 6. The van der Waals surface area contributed by atoms with E-state index in [2.05, 4.69) is 31.9 Å². The van der Waals surface area contributed by atoms with Crippen molar-refractivity contribution in [3.05, 3.63) is 37.1 Å². The van der Waals surface area contributed by atoms with Gasteiger partial charge in [-0.15, -0.1) is 11.8 Å². The van der Waals surface area contributed by atoms with Crippen molar-refractivity contribution in [1.29, 1.82) is 0 Å². The molecule has 0 radical (unpaired) electrons. The van der Waals surface area contributed by atoms with Gasteiger partial charge in [-0.3, -0.25) is 4.98 Å². The van der Waals surface area contributed by atoms with Gasteiger partial charge in [0.1, 0.15) is 23.5 Å². The van der Waals surface area contributed by atoms with Crippen LogP contribution in [-0.2, 0) is 0 Å². The number of ether oxygens (including phenoxy) is 1. The highest BCUT2D eigenvalue weighted by Crippen LogP contribution is 2.38. The summed E-state index contributed by atoms with van der Waals surface area (Å²) in [5.74, 6) is 3.67. The lowest BCUT2D eigenvalue weighted by Crippen LogP contribution is -2.43. The van der Waals surface area contributed by atoms with E-state index in [1.54, 1.807) is 19.6 Å². The van der Waals surface area contributed by atoms with Crippen molar-refractivity contribution in [3.8, 4) is 5.75 Å². The molecule has 0 aromatic carbocycles. The number of thioether (sulfide) groups is 1. The highest BCUT2D eigenvalue weighted by molar-refractivity contribution is 7.99. The number of aromatic amines is 1. The molecule has 1 saturated carbocycles. The molecular formula is C18H21N5OS. The molecule has 0 saturated heterocycles. The van der Waals surface area contributed by atoms with Crippen LogP contribution >= 0.6 is 11.8 Å². The number of fused-ring (bicyclic) bond motifs is 1. The van der Waals surface area contributed by atoms with Crippen LogP contribution in [0.5, 0.6) is 5.75 Å². The zero-order valence-corrected chi connectivity index (χ0v) is 15.2. The normalized spacial score (nSPS) is 19.6. The molecule has 1 aliphatic carbocycles. The van der Waals surface area contributed by atoms with Crippen LogP contribution in [0.3, 0.4) is 0 Å². The van der Waals surface area contributed by atoms with E-state index in [0.29, 0.717) is 6.04 Å². The maximum absolute atomic E-state index is 5.23. The van der Waals surface area contributed by atoms with E-state index >= 15 is 0 Å². The number of hydrogen-bond acceptors (Lipinski definition) is 6. The van der Waals surface area contributed by atoms with Gasteiger partial charge >= 0.3 is 0 Å². The first-order valence-corrected chi connectivity index (χ1v) is 9.36. The molecule has 25 heavy (non-hydrogen) atoms. The summed E-state index contributed by atoms with van der Waals surface area (Å²) in [4.78, 5) is 19.6. The second-order valence-corrected chi connectivity index (χ2v) is 7.50. The number of methoxy groups -OCH3 is 1. The van der Waals surface area contributed by atoms with Crippen LogP contribution in [0.4, 0.5) is 5.82 Å². The fourth-order valence-corrected chi connectivity index (χ4v) is 4.30. The molecule has 1 aliphatic rings. The highest BCUT2D eigenvalue weighted by Gasteiger charge is 2.33. The molecule has 0 bridgehead atoms. The Morgan fingerprint density at radius 2 is 2.20 bits per heavy atom. The number of nitrogens with zero attached hydrogens (tertiary/aromatic N) is 4. The Kier molecular flexibility index (Phi) is 4.48. The van der Waals surface area contributed by atoms with Crippen molar-refractivity contribution in [3.63, 3.8) is 0 Å². The molecule has 3 aromatic rings. The first kappa shape index (κ1) is 16.2. The first-order valence-electron chi connectivity index (χ1n) is 8.37. The minimum absolute atomic E-state index is 0.544. The average Bonchev–Trinajstić information content (AvgIpc) is 3.09. The van der Waals surface area contributed by atoms with Gasteiger partial charge in [0.05, 0.1) is 18.7 Å². The molecule has 3 heterocycles. The van der Waals surface area contributed by atoms with Gasteiger partial charge in [-0.25, -0.2) is 9.97 Å². The Bertz CT molecular complexity index is 861. The maximum Gasteiger partial charge on any atom is 0.142 e. The largest absolute Gasteiger partial charge is 0.495 e. The van der Waals surface area contributed by atoms with Crippen molar-refractivity contribution in [1.82, 2.24) is 19.9 Å². The Morgan fingerprint density at radius 1 is 1.32 bits per heavy atom. The molecule has 0 spiro atoms. The monoisotopic (exact) mass is 355 g/mol. The van der Waals surface area contributed by atoms with Gasteiger partial charge in [-0.05, 0) is 30.9 Å². The number of nitrogens with one attached hydrogen (secondary N) is 1. The standard InChI is InChI=1S/C18H21N5OS/c1-23(18-16-3-4-20-17(16)21-11-22-18)13-5-12(6-13)10-25-15-7-14(24-2)8-19-9-15/h3-4,7-9,11-13H,5-6,10H2,1-2H3,(H,20,21,22)/t12-,13+.